The topological polar surface area (TPSA) is 28.2 Å². The van der Waals surface area contributed by atoms with E-state index < -0.39 is 0 Å². The number of hydrogen-bond donors (Lipinski definition) is 1. The van der Waals surface area contributed by atoms with Crippen molar-refractivity contribution >= 4 is 5.82 Å². The molecule has 14 heavy (non-hydrogen) atoms. The molecule has 1 aromatic heterocycles. The fourth-order valence-electron chi connectivity index (χ4n) is 2.62. The third-order valence-electron chi connectivity index (χ3n) is 3.38. The Bertz CT molecular complexity index is 350. The maximum Gasteiger partial charge on any atom is 0.129 e. The summed E-state index contributed by atoms with van der Waals surface area (Å²) < 4.78 is 0. The van der Waals surface area contributed by atoms with E-state index in [0.717, 1.165) is 12.4 Å². The standard InChI is InChI=1S/C11H15N3/c1-14-6-4-10-9(7-14)8-3-2-5-12-11(8)13-10/h2-3,5,9-10H,4,6-7H2,1H3,(H,12,13). The molecule has 1 fully saturated rings. The van der Waals surface area contributed by atoms with Gasteiger partial charge in [0.15, 0.2) is 0 Å². The van der Waals surface area contributed by atoms with Gasteiger partial charge < -0.3 is 10.2 Å². The lowest BCUT2D eigenvalue weighted by Crippen LogP contribution is -2.39. The van der Waals surface area contributed by atoms with Gasteiger partial charge in [-0.25, -0.2) is 4.98 Å². The Balaban J connectivity index is 1.97. The Labute approximate surface area is 84.1 Å². The van der Waals surface area contributed by atoms with Gasteiger partial charge in [-0.3, -0.25) is 0 Å². The van der Waals surface area contributed by atoms with Crippen LogP contribution in [0.4, 0.5) is 5.82 Å². The Morgan fingerprint density at radius 2 is 2.50 bits per heavy atom. The number of nitrogens with one attached hydrogen (secondary N) is 1. The minimum atomic E-state index is 0.621. The van der Waals surface area contributed by atoms with Gasteiger partial charge in [0.2, 0.25) is 0 Å². The van der Waals surface area contributed by atoms with Crippen molar-refractivity contribution in [2.24, 2.45) is 0 Å². The summed E-state index contributed by atoms with van der Waals surface area (Å²) in [6.45, 7) is 2.36. The highest BCUT2D eigenvalue weighted by Crippen LogP contribution is 2.37. The Morgan fingerprint density at radius 1 is 1.57 bits per heavy atom. The van der Waals surface area contributed by atoms with Crippen molar-refractivity contribution in [2.75, 3.05) is 25.5 Å². The number of piperidine rings is 1. The van der Waals surface area contributed by atoms with Gasteiger partial charge in [-0.05, 0) is 26.1 Å². The first kappa shape index (κ1) is 8.24. The monoisotopic (exact) mass is 189 g/mol. The SMILES string of the molecule is CN1CCC2Nc3ncccc3C2C1. The van der Waals surface area contributed by atoms with E-state index in [1.807, 2.05) is 12.3 Å². The van der Waals surface area contributed by atoms with Crippen LogP contribution in [-0.2, 0) is 0 Å². The molecular formula is C11H15N3. The summed E-state index contributed by atoms with van der Waals surface area (Å²) in [5, 5.41) is 3.52. The molecule has 2 atom stereocenters. The average molecular weight is 189 g/mol. The lowest BCUT2D eigenvalue weighted by Gasteiger charge is -2.32. The molecule has 0 radical (unpaired) electrons. The highest BCUT2D eigenvalue weighted by Gasteiger charge is 2.35. The van der Waals surface area contributed by atoms with Crippen molar-refractivity contribution in [1.29, 1.82) is 0 Å². The van der Waals surface area contributed by atoms with Crippen LogP contribution in [0.1, 0.15) is 17.9 Å². The Kier molecular flexibility index (Phi) is 1.74. The van der Waals surface area contributed by atoms with Crippen molar-refractivity contribution in [3.8, 4) is 0 Å². The second-order valence-electron chi connectivity index (χ2n) is 4.35. The number of fused-ring (bicyclic) bond motifs is 3. The van der Waals surface area contributed by atoms with Crippen LogP contribution in [0.3, 0.4) is 0 Å². The summed E-state index contributed by atoms with van der Waals surface area (Å²) in [5.41, 5.74) is 1.41. The number of nitrogens with zero attached hydrogens (tertiary/aromatic N) is 2. The summed E-state index contributed by atoms with van der Waals surface area (Å²) in [6, 6.07) is 4.87. The number of likely N-dealkylation sites (tertiary alicyclic amines) is 1. The molecule has 3 heteroatoms. The van der Waals surface area contributed by atoms with Crippen LogP contribution in [0, 0.1) is 0 Å². The van der Waals surface area contributed by atoms with Crippen LogP contribution in [0.5, 0.6) is 0 Å². The van der Waals surface area contributed by atoms with E-state index >= 15 is 0 Å². The fraction of sp³-hybridized carbons (Fsp3) is 0.545. The first-order valence-electron chi connectivity index (χ1n) is 5.24. The van der Waals surface area contributed by atoms with Crippen LogP contribution >= 0.6 is 0 Å². The van der Waals surface area contributed by atoms with Crippen molar-refractivity contribution < 1.29 is 0 Å². The molecule has 3 rings (SSSR count). The third-order valence-corrected chi connectivity index (χ3v) is 3.38. The quantitative estimate of drug-likeness (QED) is 0.666. The fourth-order valence-corrected chi connectivity index (χ4v) is 2.62. The molecule has 74 valence electrons. The molecule has 3 heterocycles. The van der Waals surface area contributed by atoms with Gasteiger partial charge in [0.1, 0.15) is 5.82 Å². The van der Waals surface area contributed by atoms with E-state index in [4.69, 9.17) is 0 Å². The normalized spacial score (nSPS) is 30.6. The summed E-state index contributed by atoms with van der Waals surface area (Å²) in [4.78, 5) is 6.79. The molecule has 1 saturated heterocycles. The highest BCUT2D eigenvalue weighted by molar-refractivity contribution is 5.54. The number of anilines is 1. The number of likely N-dealkylation sites (N-methyl/N-ethyl adjacent to an activating group) is 1. The first-order valence-corrected chi connectivity index (χ1v) is 5.24. The largest absolute Gasteiger partial charge is 0.366 e. The van der Waals surface area contributed by atoms with E-state index in [9.17, 15) is 0 Å². The highest BCUT2D eigenvalue weighted by atomic mass is 15.2. The molecule has 2 aliphatic rings. The molecule has 0 bridgehead atoms. The Hall–Kier alpha value is -1.09. The lowest BCUT2D eigenvalue weighted by molar-refractivity contribution is 0.243. The van der Waals surface area contributed by atoms with Gasteiger partial charge >= 0.3 is 0 Å². The summed E-state index contributed by atoms with van der Waals surface area (Å²) in [6.07, 6.45) is 3.10. The molecule has 0 aliphatic carbocycles. The van der Waals surface area contributed by atoms with E-state index in [2.05, 4.69) is 28.3 Å². The second kappa shape index (κ2) is 2.95. The Morgan fingerprint density at radius 3 is 3.43 bits per heavy atom. The second-order valence-corrected chi connectivity index (χ2v) is 4.35. The zero-order chi connectivity index (χ0) is 9.54. The maximum absolute atomic E-state index is 4.38. The van der Waals surface area contributed by atoms with Crippen molar-refractivity contribution in [1.82, 2.24) is 9.88 Å². The van der Waals surface area contributed by atoms with E-state index in [-0.39, 0.29) is 0 Å². The van der Waals surface area contributed by atoms with Gasteiger partial charge in [0.25, 0.3) is 0 Å². The summed E-state index contributed by atoms with van der Waals surface area (Å²) in [5.74, 6) is 1.76. The lowest BCUT2D eigenvalue weighted by atomic mass is 9.90. The molecule has 2 aliphatic heterocycles. The molecular weight excluding hydrogens is 174 g/mol. The molecule has 1 aromatic rings. The minimum Gasteiger partial charge on any atom is -0.366 e. The van der Waals surface area contributed by atoms with Crippen LogP contribution in [0.15, 0.2) is 18.3 Å². The summed E-state index contributed by atoms with van der Waals surface area (Å²) in [7, 11) is 2.20. The van der Waals surface area contributed by atoms with Gasteiger partial charge in [-0.2, -0.15) is 0 Å². The summed E-state index contributed by atoms with van der Waals surface area (Å²) >= 11 is 0. The molecule has 0 spiro atoms. The predicted molar refractivity (Wildman–Crippen MR) is 56.5 cm³/mol. The average Bonchev–Trinajstić information content (AvgIpc) is 2.56. The number of aromatic nitrogens is 1. The molecule has 1 N–H and O–H groups in total. The van der Waals surface area contributed by atoms with Crippen LogP contribution < -0.4 is 5.32 Å². The van der Waals surface area contributed by atoms with Crippen molar-refractivity contribution in [2.45, 2.75) is 18.4 Å². The van der Waals surface area contributed by atoms with E-state index in [1.54, 1.807) is 0 Å². The van der Waals surface area contributed by atoms with Crippen LogP contribution in [-0.4, -0.2) is 36.1 Å². The van der Waals surface area contributed by atoms with Crippen molar-refractivity contribution in [3.63, 3.8) is 0 Å². The number of hydrogen-bond acceptors (Lipinski definition) is 3. The molecule has 3 nitrogen and oxygen atoms in total. The maximum atomic E-state index is 4.38. The van der Waals surface area contributed by atoms with Gasteiger partial charge in [0, 0.05) is 30.3 Å². The smallest absolute Gasteiger partial charge is 0.129 e. The molecule has 2 unspecified atom stereocenters. The molecule has 0 amide bonds. The minimum absolute atomic E-state index is 0.621. The number of rotatable bonds is 0. The van der Waals surface area contributed by atoms with E-state index in [0.29, 0.717) is 12.0 Å². The van der Waals surface area contributed by atoms with E-state index in [1.165, 1.54) is 18.5 Å². The third kappa shape index (κ3) is 1.12. The zero-order valence-corrected chi connectivity index (χ0v) is 8.40. The van der Waals surface area contributed by atoms with Crippen LogP contribution in [0.2, 0.25) is 0 Å². The van der Waals surface area contributed by atoms with Gasteiger partial charge in [-0.15, -0.1) is 0 Å². The van der Waals surface area contributed by atoms with Crippen molar-refractivity contribution in [3.05, 3.63) is 23.9 Å². The first-order chi connectivity index (χ1) is 6.84. The van der Waals surface area contributed by atoms with Gasteiger partial charge in [-0.1, -0.05) is 6.07 Å². The predicted octanol–water partition coefficient (Wildman–Crippen LogP) is 1.29. The van der Waals surface area contributed by atoms with Crippen LogP contribution in [0.25, 0.3) is 0 Å². The molecule has 0 aromatic carbocycles. The molecule has 0 saturated carbocycles. The zero-order valence-electron chi connectivity index (χ0n) is 8.40. The van der Waals surface area contributed by atoms with Gasteiger partial charge in [0.05, 0.1) is 0 Å². The number of pyridine rings is 1.